The number of benzene rings is 1. The lowest BCUT2D eigenvalue weighted by Gasteiger charge is -2.21. The first kappa shape index (κ1) is 17.4. The van der Waals surface area contributed by atoms with Crippen LogP contribution in [0.3, 0.4) is 0 Å². The summed E-state index contributed by atoms with van der Waals surface area (Å²) >= 11 is 1.13. The van der Waals surface area contributed by atoms with Gasteiger partial charge in [-0.15, -0.1) is 11.3 Å². The lowest BCUT2D eigenvalue weighted by molar-refractivity contribution is -0.142. The van der Waals surface area contributed by atoms with Crippen LogP contribution in [0.5, 0.6) is 0 Å². The lowest BCUT2D eigenvalue weighted by Crippen LogP contribution is -2.51. The quantitative estimate of drug-likeness (QED) is 0.788. The van der Waals surface area contributed by atoms with E-state index < -0.39 is 23.4 Å². The Kier molecular flexibility index (Phi) is 4.85. The molecule has 0 aliphatic rings. The summed E-state index contributed by atoms with van der Waals surface area (Å²) < 4.78 is 14.0. The number of anilines is 1. The maximum atomic E-state index is 14.0. The molecule has 0 saturated carbocycles. The van der Waals surface area contributed by atoms with Gasteiger partial charge in [-0.2, -0.15) is 5.26 Å². The normalized spacial score (nSPS) is 10.8. The molecular formula is C16H14FN3O3S. The van der Waals surface area contributed by atoms with Crippen LogP contribution in [0.15, 0.2) is 30.3 Å². The Hall–Kier alpha value is -2.92. The van der Waals surface area contributed by atoms with Gasteiger partial charge in [-0.05, 0) is 44.2 Å². The smallest absolute Gasteiger partial charge is 0.328 e. The van der Waals surface area contributed by atoms with E-state index in [0.717, 1.165) is 11.3 Å². The zero-order valence-electron chi connectivity index (χ0n) is 12.9. The van der Waals surface area contributed by atoms with Gasteiger partial charge >= 0.3 is 12.0 Å². The zero-order valence-corrected chi connectivity index (χ0v) is 13.7. The fraction of sp³-hybridized carbons (Fsp3) is 0.188. The van der Waals surface area contributed by atoms with Crippen molar-refractivity contribution >= 4 is 29.0 Å². The summed E-state index contributed by atoms with van der Waals surface area (Å²) in [6, 6.07) is 8.46. The van der Waals surface area contributed by atoms with E-state index in [9.17, 15) is 14.0 Å². The van der Waals surface area contributed by atoms with E-state index in [1.54, 1.807) is 12.1 Å². The molecular weight excluding hydrogens is 333 g/mol. The number of carbonyl (C=O) groups is 2. The van der Waals surface area contributed by atoms with Gasteiger partial charge in [-0.3, -0.25) is 0 Å². The third kappa shape index (κ3) is 3.88. The van der Waals surface area contributed by atoms with Gasteiger partial charge in [0.2, 0.25) is 0 Å². The van der Waals surface area contributed by atoms with Crippen LogP contribution in [0.4, 0.5) is 14.9 Å². The maximum Gasteiger partial charge on any atom is 0.328 e. The summed E-state index contributed by atoms with van der Waals surface area (Å²) in [5.41, 5.74) is -0.892. The molecule has 0 radical (unpaired) electrons. The number of halogens is 1. The minimum atomic E-state index is -1.44. The summed E-state index contributed by atoms with van der Waals surface area (Å²) in [5.74, 6) is -1.67. The van der Waals surface area contributed by atoms with Crippen LogP contribution in [0.25, 0.3) is 10.4 Å². The molecule has 2 amide bonds. The van der Waals surface area contributed by atoms with Gasteiger partial charge in [0.25, 0.3) is 0 Å². The summed E-state index contributed by atoms with van der Waals surface area (Å²) in [7, 11) is 0. The molecule has 0 atom stereocenters. The van der Waals surface area contributed by atoms with Gasteiger partial charge < -0.3 is 15.7 Å². The number of carboxylic acids is 1. The van der Waals surface area contributed by atoms with E-state index in [1.807, 2.05) is 6.07 Å². The van der Waals surface area contributed by atoms with Gasteiger partial charge in [0.1, 0.15) is 22.3 Å². The van der Waals surface area contributed by atoms with Crippen molar-refractivity contribution in [3.63, 3.8) is 0 Å². The fourth-order valence-electron chi connectivity index (χ4n) is 1.83. The lowest BCUT2D eigenvalue weighted by atomic mass is 10.1. The van der Waals surface area contributed by atoms with Crippen molar-refractivity contribution < 1.29 is 19.1 Å². The number of nitrogens with one attached hydrogen (secondary N) is 2. The molecule has 0 aliphatic carbocycles. The maximum absolute atomic E-state index is 14.0. The molecule has 0 aliphatic heterocycles. The fourth-order valence-corrected chi connectivity index (χ4v) is 2.66. The number of carboxylic acid groups (broad SMARTS) is 1. The minimum absolute atomic E-state index is 0.247. The van der Waals surface area contributed by atoms with E-state index in [2.05, 4.69) is 10.6 Å². The van der Waals surface area contributed by atoms with Crippen LogP contribution in [0.2, 0.25) is 0 Å². The zero-order chi connectivity index (χ0) is 17.9. The molecule has 0 fully saturated rings. The molecule has 24 heavy (non-hydrogen) atoms. The average molecular weight is 347 g/mol. The van der Waals surface area contributed by atoms with Gasteiger partial charge in [0.05, 0.1) is 0 Å². The van der Waals surface area contributed by atoms with E-state index in [-0.39, 0.29) is 5.56 Å². The summed E-state index contributed by atoms with van der Waals surface area (Å²) in [5, 5.41) is 22.6. The number of rotatable bonds is 4. The Bertz CT molecular complexity index is 839. The van der Waals surface area contributed by atoms with Crippen LogP contribution in [0.1, 0.15) is 18.7 Å². The number of hydrogen-bond acceptors (Lipinski definition) is 4. The first-order valence-corrected chi connectivity index (χ1v) is 7.67. The Morgan fingerprint density at radius 2 is 2.00 bits per heavy atom. The third-order valence-electron chi connectivity index (χ3n) is 3.17. The highest BCUT2D eigenvalue weighted by molar-refractivity contribution is 7.16. The monoisotopic (exact) mass is 347 g/mol. The molecule has 3 N–H and O–H groups in total. The first-order chi connectivity index (χ1) is 11.2. The van der Waals surface area contributed by atoms with E-state index in [0.29, 0.717) is 15.4 Å². The van der Waals surface area contributed by atoms with Crippen molar-refractivity contribution in [3.05, 3.63) is 41.0 Å². The molecule has 8 heteroatoms. The molecule has 6 nitrogen and oxygen atoms in total. The summed E-state index contributed by atoms with van der Waals surface area (Å²) in [4.78, 5) is 23.9. The van der Waals surface area contributed by atoms with E-state index in [1.165, 1.54) is 32.0 Å². The Labute approximate surface area is 141 Å². The number of nitriles is 1. The second kappa shape index (κ2) is 6.68. The number of carbonyl (C=O) groups excluding carboxylic acids is 1. The van der Waals surface area contributed by atoms with Crippen molar-refractivity contribution in [1.29, 1.82) is 5.26 Å². The van der Waals surface area contributed by atoms with E-state index >= 15 is 0 Å². The topological polar surface area (TPSA) is 102 Å². The molecule has 0 spiro atoms. The molecule has 2 rings (SSSR count). The van der Waals surface area contributed by atoms with Crippen LogP contribution >= 0.6 is 11.3 Å². The van der Waals surface area contributed by atoms with Crippen molar-refractivity contribution in [1.82, 2.24) is 5.32 Å². The number of thiophene rings is 1. The Morgan fingerprint density at radius 1 is 1.29 bits per heavy atom. The predicted octanol–water partition coefficient (Wildman–Crippen LogP) is 3.41. The van der Waals surface area contributed by atoms with Gasteiger partial charge in [0, 0.05) is 16.1 Å². The number of aliphatic carboxylic acids is 1. The number of hydrogen-bond donors (Lipinski definition) is 3. The Balaban J connectivity index is 2.21. The summed E-state index contributed by atoms with van der Waals surface area (Å²) in [6.45, 7) is 2.69. The van der Waals surface area contributed by atoms with Crippen molar-refractivity contribution in [2.45, 2.75) is 19.4 Å². The van der Waals surface area contributed by atoms with Crippen LogP contribution < -0.4 is 10.6 Å². The largest absolute Gasteiger partial charge is 0.480 e. The van der Waals surface area contributed by atoms with Gasteiger partial charge in [-0.1, -0.05) is 0 Å². The first-order valence-electron chi connectivity index (χ1n) is 6.85. The molecule has 1 aromatic carbocycles. The average Bonchev–Trinajstić information content (AvgIpc) is 2.97. The minimum Gasteiger partial charge on any atom is -0.480 e. The number of amides is 2. The third-order valence-corrected chi connectivity index (χ3v) is 4.19. The second-order valence-electron chi connectivity index (χ2n) is 5.48. The summed E-state index contributed by atoms with van der Waals surface area (Å²) in [6.07, 6.45) is 0. The van der Waals surface area contributed by atoms with Crippen LogP contribution in [-0.2, 0) is 4.79 Å². The number of urea groups is 1. The van der Waals surface area contributed by atoms with Crippen molar-refractivity contribution in [3.8, 4) is 16.5 Å². The van der Waals surface area contributed by atoms with Crippen molar-refractivity contribution in [2.24, 2.45) is 0 Å². The molecule has 0 saturated heterocycles. The molecule has 124 valence electrons. The number of nitrogens with zero attached hydrogens (tertiary/aromatic N) is 1. The molecule has 0 bridgehead atoms. The predicted molar refractivity (Wildman–Crippen MR) is 88.3 cm³/mol. The molecule has 1 aromatic heterocycles. The van der Waals surface area contributed by atoms with Crippen LogP contribution in [-0.4, -0.2) is 22.6 Å². The van der Waals surface area contributed by atoms with Gasteiger partial charge in [-0.25, -0.2) is 14.0 Å². The molecule has 2 aromatic rings. The molecule has 1 heterocycles. The highest BCUT2D eigenvalue weighted by Gasteiger charge is 2.29. The standard InChI is InChI=1S/C16H14FN3O3S/c1-16(2,14(21)22)20-15(23)19-9-3-5-12(17)11(7-9)13-6-4-10(8-18)24-13/h3-7H,1-2H3,(H,21,22)(H2,19,20,23). The Morgan fingerprint density at radius 3 is 2.58 bits per heavy atom. The van der Waals surface area contributed by atoms with Crippen LogP contribution in [0, 0.1) is 17.1 Å². The highest BCUT2D eigenvalue weighted by Crippen LogP contribution is 2.31. The van der Waals surface area contributed by atoms with Gasteiger partial charge in [0.15, 0.2) is 0 Å². The molecule has 0 unspecified atom stereocenters. The second-order valence-corrected chi connectivity index (χ2v) is 6.56. The van der Waals surface area contributed by atoms with E-state index in [4.69, 9.17) is 10.4 Å². The highest BCUT2D eigenvalue weighted by atomic mass is 32.1. The van der Waals surface area contributed by atoms with Crippen molar-refractivity contribution in [2.75, 3.05) is 5.32 Å². The SMILES string of the molecule is CC(C)(NC(=O)Nc1ccc(F)c(-c2ccc(C#N)s2)c1)C(=O)O.